The van der Waals surface area contributed by atoms with E-state index < -0.39 is 0 Å². The maximum absolute atomic E-state index is 12.6. The summed E-state index contributed by atoms with van der Waals surface area (Å²) in [4.78, 5) is 26.9. The van der Waals surface area contributed by atoms with Crippen molar-refractivity contribution >= 4 is 22.9 Å². The van der Waals surface area contributed by atoms with Gasteiger partial charge in [0.15, 0.2) is 5.65 Å². The molecule has 34 heavy (non-hydrogen) atoms. The van der Waals surface area contributed by atoms with Gasteiger partial charge >= 0.3 is 6.03 Å². The van der Waals surface area contributed by atoms with Crippen LogP contribution in [-0.4, -0.2) is 63.4 Å². The van der Waals surface area contributed by atoms with Crippen molar-refractivity contribution in [3.63, 3.8) is 0 Å². The number of carbonyl (C=O) groups excluding carboxylic acids is 1. The Morgan fingerprint density at radius 3 is 2.65 bits per heavy atom. The molecular weight excluding hydrogens is 426 g/mol. The predicted molar refractivity (Wildman–Crippen MR) is 137 cm³/mol. The van der Waals surface area contributed by atoms with Crippen LogP contribution in [0.25, 0.3) is 16.7 Å². The first-order chi connectivity index (χ1) is 16.6. The van der Waals surface area contributed by atoms with E-state index in [4.69, 9.17) is 9.97 Å². The van der Waals surface area contributed by atoms with Crippen LogP contribution >= 0.6 is 0 Å². The van der Waals surface area contributed by atoms with Crippen molar-refractivity contribution in [2.24, 2.45) is 0 Å². The second-order valence-corrected chi connectivity index (χ2v) is 9.14. The fourth-order valence-electron chi connectivity index (χ4n) is 4.51. The summed E-state index contributed by atoms with van der Waals surface area (Å²) >= 11 is 0. The van der Waals surface area contributed by atoms with Gasteiger partial charge in [-0.15, -0.1) is 0 Å². The van der Waals surface area contributed by atoms with Crippen molar-refractivity contribution < 1.29 is 4.79 Å². The zero-order valence-corrected chi connectivity index (χ0v) is 20.7. The topological polar surface area (TPSA) is 79.2 Å². The molecule has 1 aliphatic heterocycles. The van der Waals surface area contributed by atoms with Gasteiger partial charge in [-0.05, 0) is 31.4 Å². The lowest BCUT2D eigenvalue weighted by molar-refractivity contribution is 0.201. The minimum atomic E-state index is 0.0392. The van der Waals surface area contributed by atoms with E-state index in [-0.39, 0.29) is 11.9 Å². The van der Waals surface area contributed by atoms with Gasteiger partial charge in [0.1, 0.15) is 11.6 Å². The first-order valence-corrected chi connectivity index (χ1v) is 12.7. The van der Waals surface area contributed by atoms with Crippen LogP contribution in [0.4, 0.5) is 10.6 Å². The van der Waals surface area contributed by atoms with Crippen LogP contribution in [0.1, 0.15) is 64.6 Å². The number of urea groups is 1. The summed E-state index contributed by atoms with van der Waals surface area (Å²) in [6.07, 6.45) is 6.99. The van der Waals surface area contributed by atoms with E-state index >= 15 is 0 Å². The lowest BCUT2D eigenvalue weighted by Crippen LogP contribution is -2.42. The zero-order valence-electron chi connectivity index (χ0n) is 20.7. The number of carbonyl (C=O) groups is 1. The Balaban J connectivity index is 1.64. The summed E-state index contributed by atoms with van der Waals surface area (Å²) in [6.45, 7) is 10.3. The van der Waals surface area contributed by atoms with Crippen LogP contribution in [0.5, 0.6) is 0 Å². The van der Waals surface area contributed by atoms with Crippen LogP contribution in [0.2, 0.25) is 0 Å². The molecule has 1 saturated heterocycles. The monoisotopic (exact) mass is 463 g/mol. The molecule has 0 aliphatic carbocycles. The molecule has 1 N–H and O–H groups in total. The fourth-order valence-corrected chi connectivity index (χ4v) is 4.51. The number of aromatic nitrogens is 4. The number of fused-ring (bicyclic) bond motifs is 1. The number of nitrogens with zero attached hydrogens (tertiary/aromatic N) is 6. The molecule has 1 atom stereocenters. The molecule has 8 heteroatoms. The van der Waals surface area contributed by atoms with Crippen molar-refractivity contribution in [2.75, 3.05) is 37.6 Å². The van der Waals surface area contributed by atoms with Gasteiger partial charge in [-0.2, -0.15) is 5.10 Å². The van der Waals surface area contributed by atoms with Crippen LogP contribution in [-0.2, 0) is 0 Å². The Hall–Kier alpha value is -3.16. The van der Waals surface area contributed by atoms with Crippen molar-refractivity contribution in [1.82, 2.24) is 30.0 Å². The number of para-hydroxylation sites is 1. The molecule has 0 radical (unpaired) electrons. The van der Waals surface area contributed by atoms with Gasteiger partial charge in [-0.25, -0.2) is 19.4 Å². The van der Waals surface area contributed by atoms with Crippen molar-refractivity contribution in [3.8, 4) is 5.69 Å². The zero-order chi connectivity index (χ0) is 23.9. The van der Waals surface area contributed by atoms with Crippen molar-refractivity contribution in [3.05, 3.63) is 42.4 Å². The molecule has 0 unspecified atom stereocenters. The summed E-state index contributed by atoms with van der Waals surface area (Å²) in [5.74, 6) is 2.05. The summed E-state index contributed by atoms with van der Waals surface area (Å²) in [5.41, 5.74) is 1.83. The average molecular weight is 464 g/mol. The molecular formula is C26H37N7O. The molecule has 0 saturated carbocycles. The Morgan fingerprint density at radius 1 is 1.06 bits per heavy atom. The maximum Gasteiger partial charge on any atom is 0.317 e. The van der Waals surface area contributed by atoms with E-state index in [1.165, 1.54) is 0 Å². The first-order valence-electron chi connectivity index (χ1n) is 12.7. The normalized spacial score (nSPS) is 15.4. The second-order valence-electron chi connectivity index (χ2n) is 9.14. The number of hydrogen-bond donors (Lipinski definition) is 1. The van der Waals surface area contributed by atoms with Gasteiger partial charge in [0.2, 0.25) is 0 Å². The van der Waals surface area contributed by atoms with E-state index in [1.807, 2.05) is 46.1 Å². The smallest absolute Gasteiger partial charge is 0.317 e. The molecule has 3 heterocycles. The number of anilines is 1. The molecule has 0 bridgehead atoms. The molecule has 2 amide bonds. The largest absolute Gasteiger partial charge is 0.354 e. The Kier molecular flexibility index (Phi) is 7.98. The highest BCUT2D eigenvalue weighted by Crippen LogP contribution is 2.29. The highest BCUT2D eigenvalue weighted by atomic mass is 16.2. The third-order valence-electron chi connectivity index (χ3n) is 6.48. The molecule has 182 valence electrons. The summed E-state index contributed by atoms with van der Waals surface area (Å²) < 4.78 is 1.91. The van der Waals surface area contributed by atoms with E-state index in [9.17, 15) is 4.79 Å². The number of amides is 2. The Labute approximate surface area is 202 Å². The van der Waals surface area contributed by atoms with Crippen LogP contribution in [0.15, 0.2) is 36.5 Å². The number of nitrogens with one attached hydrogen (secondary N) is 1. The Morgan fingerprint density at radius 2 is 1.88 bits per heavy atom. The van der Waals surface area contributed by atoms with Crippen LogP contribution < -0.4 is 10.2 Å². The maximum atomic E-state index is 12.6. The summed E-state index contributed by atoms with van der Waals surface area (Å²) in [6, 6.07) is 10.2. The SMILES string of the molecule is CCCCNC(=O)N1CCCN(c2nc([C@@H](C)CCC)nc3c2cnn3-c2ccccc2)CC1. The highest BCUT2D eigenvalue weighted by Gasteiger charge is 2.24. The molecule has 8 nitrogen and oxygen atoms in total. The van der Waals surface area contributed by atoms with Gasteiger partial charge in [-0.3, -0.25) is 0 Å². The number of benzene rings is 1. The third kappa shape index (κ3) is 5.32. The van der Waals surface area contributed by atoms with Crippen LogP contribution in [0, 0.1) is 0 Å². The molecule has 4 rings (SSSR count). The van der Waals surface area contributed by atoms with E-state index in [0.29, 0.717) is 6.54 Å². The molecule has 1 aromatic carbocycles. The van der Waals surface area contributed by atoms with Gasteiger partial charge in [-0.1, -0.05) is 51.8 Å². The first kappa shape index (κ1) is 24.0. The fraction of sp³-hybridized carbons (Fsp3) is 0.538. The number of hydrogen-bond acceptors (Lipinski definition) is 5. The molecule has 2 aromatic heterocycles. The van der Waals surface area contributed by atoms with Crippen molar-refractivity contribution in [2.45, 2.75) is 58.8 Å². The van der Waals surface area contributed by atoms with E-state index in [1.54, 1.807) is 0 Å². The minimum Gasteiger partial charge on any atom is -0.354 e. The average Bonchev–Trinajstić information content (AvgIpc) is 3.13. The van der Waals surface area contributed by atoms with Gasteiger partial charge in [0.25, 0.3) is 0 Å². The predicted octanol–water partition coefficient (Wildman–Crippen LogP) is 4.74. The third-order valence-corrected chi connectivity index (χ3v) is 6.48. The number of rotatable bonds is 8. The molecule has 0 spiro atoms. The minimum absolute atomic E-state index is 0.0392. The lowest BCUT2D eigenvalue weighted by Gasteiger charge is -2.24. The molecule has 1 aliphatic rings. The number of unbranched alkanes of at least 4 members (excludes halogenated alkanes) is 1. The van der Waals surface area contributed by atoms with Gasteiger partial charge in [0.05, 0.1) is 17.3 Å². The second kappa shape index (κ2) is 11.3. The quantitative estimate of drug-likeness (QED) is 0.488. The molecule has 3 aromatic rings. The van der Waals surface area contributed by atoms with Crippen molar-refractivity contribution in [1.29, 1.82) is 0 Å². The lowest BCUT2D eigenvalue weighted by atomic mass is 10.1. The van der Waals surface area contributed by atoms with E-state index in [0.717, 1.165) is 86.6 Å². The molecule has 1 fully saturated rings. The summed E-state index contributed by atoms with van der Waals surface area (Å²) in [7, 11) is 0. The van der Waals surface area contributed by atoms with Gasteiger partial charge < -0.3 is 15.1 Å². The van der Waals surface area contributed by atoms with E-state index in [2.05, 4.69) is 36.1 Å². The van der Waals surface area contributed by atoms with Crippen LogP contribution in [0.3, 0.4) is 0 Å². The van der Waals surface area contributed by atoms with Gasteiger partial charge in [0, 0.05) is 38.6 Å². The highest BCUT2D eigenvalue weighted by molar-refractivity contribution is 5.88. The summed E-state index contributed by atoms with van der Waals surface area (Å²) in [5, 5.41) is 8.70. The standard InChI is InChI=1S/C26H37N7O/c1-4-6-14-27-26(34)32-16-10-15-31(17-18-32)24-22-19-28-33(21-12-8-7-9-13-21)25(22)30-23(29-24)20(3)11-5-2/h7-9,12-13,19-20H,4-6,10-11,14-18H2,1-3H3,(H,27,34)/t20-/m0/s1. The Bertz CT molecular complexity index is 1080.